The van der Waals surface area contributed by atoms with Crippen LogP contribution in [0.3, 0.4) is 0 Å². The van der Waals surface area contributed by atoms with Crippen molar-refractivity contribution in [3.05, 3.63) is 0 Å². The highest BCUT2D eigenvalue weighted by atomic mass is 16.5. The Labute approximate surface area is 68.1 Å². The predicted octanol–water partition coefficient (Wildman–Crippen LogP) is 1.15. The van der Waals surface area contributed by atoms with Crippen LogP contribution in [0.25, 0.3) is 0 Å². The number of rotatable bonds is 2. The van der Waals surface area contributed by atoms with Gasteiger partial charge in [-0.25, -0.2) is 0 Å². The molecule has 2 nitrogen and oxygen atoms in total. The molecule has 0 aromatic heterocycles. The van der Waals surface area contributed by atoms with Gasteiger partial charge in [0.25, 0.3) is 0 Å². The van der Waals surface area contributed by atoms with Crippen LogP contribution in [-0.2, 0) is 4.74 Å². The second-order valence-corrected chi connectivity index (χ2v) is 3.89. The largest absolute Gasteiger partial charge is 0.381 e. The van der Waals surface area contributed by atoms with Gasteiger partial charge in [-0.05, 0) is 31.1 Å². The van der Waals surface area contributed by atoms with E-state index in [-0.39, 0.29) is 0 Å². The van der Waals surface area contributed by atoms with Gasteiger partial charge in [0.2, 0.25) is 0 Å². The van der Waals surface area contributed by atoms with Crippen molar-refractivity contribution in [3.8, 4) is 0 Å². The quantitative estimate of drug-likeness (QED) is 0.649. The number of ether oxygens (including phenoxy) is 1. The van der Waals surface area contributed by atoms with Crippen molar-refractivity contribution < 1.29 is 4.74 Å². The summed E-state index contributed by atoms with van der Waals surface area (Å²) in [4.78, 5) is 0. The van der Waals surface area contributed by atoms with Crippen LogP contribution in [-0.4, -0.2) is 19.3 Å². The van der Waals surface area contributed by atoms with Crippen molar-refractivity contribution in [2.45, 2.75) is 31.7 Å². The fraction of sp³-hybridized carbons (Fsp3) is 1.00. The van der Waals surface area contributed by atoms with Crippen LogP contribution in [0, 0.1) is 11.8 Å². The summed E-state index contributed by atoms with van der Waals surface area (Å²) in [6.45, 7) is 1.85. The summed E-state index contributed by atoms with van der Waals surface area (Å²) in [5.41, 5.74) is 6.10. The second-order valence-electron chi connectivity index (χ2n) is 3.89. The highest BCUT2D eigenvalue weighted by Crippen LogP contribution is 2.33. The van der Waals surface area contributed by atoms with E-state index in [2.05, 4.69) is 0 Å². The molecule has 0 aromatic carbocycles. The van der Waals surface area contributed by atoms with E-state index in [9.17, 15) is 0 Å². The lowest BCUT2D eigenvalue weighted by Crippen LogP contribution is -2.41. The molecule has 0 spiro atoms. The average Bonchev–Trinajstić information content (AvgIpc) is 2.32. The van der Waals surface area contributed by atoms with Crippen molar-refractivity contribution in [1.82, 2.24) is 0 Å². The molecule has 1 aliphatic heterocycles. The molecule has 1 heterocycles. The van der Waals surface area contributed by atoms with Crippen LogP contribution in [0.2, 0.25) is 0 Å². The van der Waals surface area contributed by atoms with E-state index >= 15 is 0 Å². The summed E-state index contributed by atoms with van der Waals surface area (Å²) in [6, 6.07) is 0.436. The van der Waals surface area contributed by atoms with E-state index in [4.69, 9.17) is 10.5 Å². The molecule has 0 radical (unpaired) electrons. The van der Waals surface area contributed by atoms with Crippen molar-refractivity contribution in [2.24, 2.45) is 17.6 Å². The minimum atomic E-state index is 0.436. The van der Waals surface area contributed by atoms with E-state index in [1.807, 2.05) is 0 Å². The van der Waals surface area contributed by atoms with E-state index < -0.39 is 0 Å². The molecular formula is C9H17NO. The molecule has 64 valence electrons. The average molecular weight is 155 g/mol. The molecule has 2 rings (SSSR count). The first-order valence-corrected chi connectivity index (χ1v) is 4.71. The Morgan fingerprint density at radius 3 is 2.45 bits per heavy atom. The molecule has 0 aromatic rings. The minimum absolute atomic E-state index is 0.436. The Balaban J connectivity index is 1.82. The molecule has 2 atom stereocenters. The van der Waals surface area contributed by atoms with Gasteiger partial charge in [0, 0.05) is 12.6 Å². The van der Waals surface area contributed by atoms with Gasteiger partial charge in [-0.1, -0.05) is 6.42 Å². The third-order valence-corrected chi connectivity index (χ3v) is 3.20. The molecule has 0 amide bonds. The Kier molecular flexibility index (Phi) is 2.14. The molecule has 2 fully saturated rings. The first-order valence-electron chi connectivity index (χ1n) is 4.71. The summed E-state index contributed by atoms with van der Waals surface area (Å²) in [5.74, 6) is 1.49. The topological polar surface area (TPSA) is 35.2 Å². The van der Waals surface area contributed by atoms with Crippen molar-refractivity contribution in [1.29, 1.82) is 0 Å². The maximum absolute atomic E-state index is 6.10. The van der Waals surface area contributed by atoms with Crippen LogP contribution >= 0.6 is 0 Å². The van der Waals surface area contributed by atoms with Crippen LogP contribution in [0.5, 0.6) is 0 Å². The molecule has 0 unspecified atom stereocenters. The summed E-state index contributed by atoms with van der Waals surface area (Å²) in [7, 11) is 0. The standard InChI is InChI=1S/C9H17NO/c10-9(7-2-1-3-7)8-4-5-11-6-8/h7-9H,1-6,10H2/t8-,9-/m1/s1. The Morgan fingerprint density at radius 1 is 1.18 bits per heavy atom. The summed E-state index contributed by atoms with van der Waals surface area (Å²) >= 11 is 0. The number of nitrogens with two attached hydrogens (primary N) is 1. The van der Waals surface area contributed by atoms with Crippen molar-refractivity contribution in [3.63, 3.8) is 0 Å². The predicted molar refractivity (Wildman–Crippen MR) is 44.2 cm³/mol. The fourth-order valence-corrected chi connectivity index (χ4v) is 2.07. The molecule has 2 heteroatoms. The molecule has 2 aliphatic rings. The summed E-state index contributed by atoms with van der Waals surface area (Å²) in [6.07, 6.45) is 5.30. The normalized spacial score (nSPS) is 35.2. The molecule has 1 aliphatic carbocycles. The van der Waals surface area contributed by atoms with Gasteiger partial charge in [-0.2, -0.15) is 0 Å². The van der Waals surface area contributed by atoms with Gasteiger partial charge in [0.05, 0.1) is 6.61 Å². The maximum atomic E-state index is 6.10. The number of hydrogen-bond donors (Lipinski definition) is 1. The summed E-state index contributed by atoms with van der Waals surface area (Å²) < 4.78 is 5.32. The summed E-state index contributed by atoms with van der Waals surface area (Å²) in [5, 5.41) is 0. The Morgan fingerprint density at radius 2 is 2.00 bits per heavy atom. The Hall–Kier alpha value is -0.0800. The lowest BCUT2D eigenvalue weighted by molar-refractivity contribution is 0.156. The van der Waals surface area contributed by atoms with Gasteiger partial charge in [0.15, 0.2) is 0 Å². The Bertz CT molecular complexity index is 128. The van der Waals surface area contributed by atoms with Gasteiger partial charge in [0.1, 0.15) is 0 Å². The molecular weight excluding hydrogens is 138 g/mol. The molecule has 2 N–H and O–H groups in total. The zero-order valence-electron chi connectivity index (χ0n) is 6.96. The monoisotopic (exact) mass is 155 g/mol. The minimum Gasteiger partial charge on any atom is -0.381 e. The smallest absolute Gasteiger partial charge is 0.0510 e. The van der Waals surface area contributed by atoms with Gasteiger partial charge in [-0.3, -0.25) is 0 Å². The van der Waals surface area contributed by atoms with E-state index in [0.29, 0.717) is 12.0 Å². The van der Waals surface area contributed by atoms with Crippen molar-refractivity contribution in [2.75, 3.05) is 13.2 Å². The van der Waals surface area contributed by atoms with Gasteiger partial charge < -0.3 is 10.5 Å². The third kappa shape index (κ3) is 1.42. The van der Waals surface area contributed by atoms with E-state index in [1.54, 1.807) is 0 Å². The van der Waals surface area contributed by atoms with E-state index in [0.717, 1.165) is 19.1 Å². The van der Waals surface area contributed by atoms with Crippen molar-refractivity contribution >= 4 is 0 Å². The third-order valence-electron chi connectivity index (χ3n) is 3.20. The first-order chi connectivity index (χ1) is 5.38. The second kappa shape index (κ2) is 3.11. The SMILES string of the molecule is N[C@H](C1CCC1)[C@@H]1CCOC1. The first kappa shape index (κ1) is 7.56. The highest BCUT2D eigenvalue weighted by Gasteiger charge is 2.32. The van der Waals surface area contributed by atoms with Crippen LogP contribution in [0.1, 0.15) is 25.7 Å². The highest BCUT2D eigenvalue weighted by molar-refractivity contribution is 4.86. The molecule has 11 heavy (non-hydrogen) atoms. The van der Waals surface area contributed by atoms with Gasteiger partial charge in [-0.15, -0.1) is 0 Å². The lowest BCUT2D eigenvalue weighted by atomic mass is 9.75. The molecule has 1 saturated carbocycles. The molecule has 0 bridgehead atoms. The van der Waals surface area contributed by atoms with Crippen LogP contribution in [0.4, 0.5) is 0 Å². The van der Waals surface area contributed by atoms with E-state index in [1.165, 1.54) is 25.7 Å². The zero-order valence-corrected chi connectivity index (χ0v) is 6.96. The number of hydrogen-bond acceptors (Lipinski definition) is 2. The zero-order chi connectivity index (χ0) is 7.68. The lowest BCUT2D eigenvalue weighted by Gasteiger charge is -2.34. The fourth-order valence-electron chi connectivity index (χ4n) is 2.07. The maximum Gasteiger partial charge on any atom is 0.0510 e. The molecule has 1 saturated heterocycles. The van der Waals surface area contributed by atoms with Crippen LogP contribution in [0.15, 0.2) is 0 Å². The van der Waals surface area contributed by atoms with Crippen LogP contribution < -0.4 is 5.73 Å². The van der Waals surface area contributed by atoms with Gasteiger partial charge >= 0.3 is 0 Å².